The van der Waals surface area contributed by atoms with E-state index in [9.17, 15) is 4.79 Å². The van der Waals surface area contributed by atoms with Crippen molar-refractivity contribution < 1.29 is 14.3 Å². The Morgan fingerprint density at radius 1 is 1.00 bits per heavy atom. The normalized spacial score (nSPS) is 10.4. The maximum Gasteiger partial charge on any atom is 0.255 e. The van der Waals surface area contributed by atoms with Crippen LogP contribution in [0.15, 0.2) is 48.5 Å². The number of hydrogen-bond acceptors (Lipinski definition) is 3. The van der Waals surface area contributed by atoms with Crippen molar-refractivity contribution in [3.63, 3.8) is 0 Å². The van der Waals surface area contributed by atoms with Crippen LogP contribution >= 0.6 is 0 Å². The van der Waals surface area contributed by atoms with Gasteiger partial charge in [-0.2, -0.15) is 0 Å². The number of hydrogen-bond donors (Lipinski definition) is 1. The quantitative estimate of drug-likeness (QED) is 0.872. The van der Waals surface area contributed by atoms with Crippen molar-refractivity contribution >= 4 is 11.6 Å². The first-order valence-electron chi connectivity index (χ1n) is 7.39. The lowest BCUT2D eigenvalue weighted by Crippen LogP contribution is -2.12. The highest BCUT2D eigenvalue weighted by Gasteiger charge is 2.07. The fourth-order valence-electron chi connectivity index (χ4n) is 1.96. The van der Waals surface area contributed by atoms with E-state index in [1.54, 1.807) is 24.3 Å². The van der Waals surface area contributed by atoms with Crippen molar-refractivity contribution in [1.29, 1.82) is 0 Å². The number of nitrogens with one attached hydrogen (secondary N) is 1. The van der Waals surface area contributed by atoms with Gasteiger partial charge in [-0.25, -0.2) is 0 Å². The predicted octanol–water partition coefficient (Wildman–Crippen LogP) is 4.12. The van der Waals surface area contributed by atoms with E-state index in [1.165, 1.54) is 0 Å². The average Bonchev–Trinajstić information content (AvgIpc) is 2.49. The third kappa shape index (κ3) is 4.52. The van der Waals surface area contributed by atoms with Gasteiger partial charge >= 0.3 is 0 Å². The fourth-order valence-corrected chi connectivity index (χ4v) is 1.96. The summed E-state index contributed by atoms with van der Waals surface area (Å²) in [5, 5.41) is 2.85. The summed E-state index contributed by atoms with van der Waals surface area (Å²) in [5.41, 5.74) is 1.32. The molecule has 1 N–H and O–H groups in total. The Morgan fingerprint density at radius 2 is 1.59 bits per heavy atom. The number of carbonyl (C=O) groups excluding carboxylic acids is 1. The van der Waals surface area contributed by atoms with Crippen LogP contribution in [0.5, 0.6) is 11.5 Å². The zero-order chi connectivity index (χ0) is 15.9. The lowest BCUT2D eigenvalue weighted by molar-refractivity contribution is 0.102. The van der Waals surface area contributed by atoms with Crippen molar-refractivity contribution in [2.24, 2.45) is 0 Å². The molecule has 0 aliphatic heterocycles. The van der Waals surface area contributed by atoms with Crippen molar-refractivity contribution in [3.05, 3.63) is 54.1 Å². The third-order valence-electron chi connectivity index (χ3n) is 2.91. The number of amides is 1. The van der Waals surface area contributed by atoms with Crippen LogP contribution in [0.2, 0.25) is 0 Å². The summed E-state index contributed by atoms with van der Waals surface area (Å²) in [7, 11) is 0. The van der Waals surface area contributed by atoms with E-state index in [0.717, 1.165) is 17.2 Å². The molecule has 0 aliphatic rings. The van der Waals surface area contributed by atoms with Gasteiger partial charge in [0.15, 0.2) is 0 Å². The van der Waals surface area contributed by atoms with E-state index in [2.05, 4.69) is 5.32 Å². The van der Waals surface area contributed by atoms with Gasteiger partial charge in [0.05, 0.1) is 12.7 Å². The molecule has 0 atom stereocenters. The standard InChI is InChI=1S/C18H21NO3/c1-4-21-16-11-7-15(8-12-16)19-18(20)14-5-9-17(10-6-14)22-13(2)3/h5-13H,4H2,1-3H3,(H,19,20). The Labute approximate surface area is 131 Å². The first-order chi connectivity index (χ1) is 10.6. The summed E-state index contributed by atoms with van der Waals surface area (Å²) in [4.78, 5) is 12.2. The first-order valence-corrected chi connectivity index (χ1v) is 7.39. The summed E-state index contributed by atoms with van der Waals surface area (Å²) < 4.78 is 10.9. The maximum atomic E-state index is 12.2. The number of carbonyl (C=O) groups is 1. The molecular formula is C18H21NO3. The van der Waals surface area contributed by atoms with Gasteiger partial charge in [-0.1, -0.05) is 0 Å². The topological polar surface area (TPSA) is 47.6 Å². The maximum absolute atomic E-state index is 12.2. The molecule has 0 radical (unpaired) electrons. The smallest absolute Gasteiger partial charge is 0.255 e. The molecule has 0 heterocycles. The van der Waals surface area contributed by atoms with E-state index in [1.807, 2.05) is 45.0 Å². The average molecular weight is 299 g/mol. The Bertz CT molecular complexity index is 603. The Hall–Kier alpha value is -2.49. The Morgan fingerprint density at radius 3 is 2.14 bits per heavy atom. The molecule has 0 spiro atoms. The number of ether oxygens (including phenoxy) is 2. The van der Waals surface area contributed by atoms with Gasteiger partial charge in [-0.3, -0.25) is 4.79 Å². The van der Waals surface area contributed by atoms with Crippen molar-refractivity contribution in [2.75, 3.05) is 11.9 Å². The fraction of sp³-hybridized carbons (Fsp3) is 0.278. The Balaban J connectivity index is 1.99. The minimum Gasteiger partial charge on any atom is -0.494 e. The zero-order valence-corrected chi connectivity index (χ0v) is 13.1. The molecule has 2 rings (SSSR count). The molecule has 4 nitrogen and oxygen atoms in total. The minimum absolute atomic E-state index is 0.114. The van der Waals surface area contributed by atoms with Crippen molar-refractivity contribution in [3.8, 4) is 11.5 Å². The van der Waals surface area contributed by atoms with E-state index in [-0.39, 0.29) is 12.0 Å². The van der Waals surface area contributed by atoms with E-state index in [4.69, 9.17) is 9.47 Å². The summed E-state index contributed by atoms with van der Waals surface area (Å²) in [5.74, 6) is 1.39. The van der Waals surface area contributed by atoms with Crippen LogP contribution in [-0.4, -0.2) is 18.6 Å². The van der Waals surface area contributed by atoms with Crippen LogP contribution < -0.4 is 14.8 Å². The van der Waals surface area contributed by atoms with E-state index < -0.39 is 0 Å². The highest BCUT2D eigenvalue weighted by molar-refractivity contribution is 6.04. The second kappa shape index (κ2) is 7.50. The van der Waals surface area contributed by atoms with Gasteiger partial charge in [0, 0.05) is 11.3 Å². The zero-order valence-electron chi connectivity index (χ0n) is 13.1. The summed E-state index contributed by atoms with van der Waals surface area (Å²) in [6.45, 7) is 6.48. The molecule has 0 aliphatic carbocycles. The van der Waals surface area contributed by atoms with Crippen LogP contribution in [0.1, 0.15) is 31.1 Å². The highest BCUT2D eigenvalue weighted by atomic mass is 16.5. The molecule has 0 bridgehead atoms. The van der Waals surface area contributed by atoms with Crippen molar-refractivity contribution in [1.82, 2.24) is 0 Å². The van der Waals surface area contributed by atoms with E-state index in [0.29, 0.717) is 12.2 Å². The van der Waals surface area contributed by atoms with Crippen LogP contribution in [0.3, 0.4) is 0 Å². The molecule has 0 saturated heterocycles. The largest absolute Gasteiger partial charge is 0.494 e. The molecule has 0 saturated carbocycles. The molecule has 1 amide bonds. The molecule has 0 aromatic heterocycles. The Kier molecular flexibility index (Phi) is 5.42. The highest BCUT2D eigenvalue weighted by Crippen LogP contribution is 2.18. The molecule has 2 aromatic carbocycles. The molecule has 2 aromatic rings. The van der Waals surface area contributed by atoms with Crippen LogP contribution in [0, 0.1) is 0 Å². The van der Waals surface area contributed by atoms with Crippen LogP contribution in [-0.2, 0) is 0 Å². The molecule has 4 heteroatoms. The predicted molar refractivity (Wildman–Crippen MR) is 87.8 cm³/mol. The first kappa shape index (κ1) is 15.9. The van der Waals surface area contributed by atoms with Gasteiger partial charge in [-0.05, 0) is 69.3 Å². The third-order valence-corrected chi connectivity index (χ3v) is 2.91. The second-order valence-electron chi connectivity index (χ2n) is 5.10. The monoisotopic (exact) mass is 299 g/mol. The van der Waals surface area contributed by atoms with Crippen LogP contribution in [0.25, 0.3) is 0 Å². The summed E-state index contributed by atoms with van der Waals surface area (Å²) in [6.07, 6.45) is 0.114. The van der Waals surface area contributed by atoms with Gasteiger partial charge in [0.25, 0.3) is 5.91 Å². The minimum atomic E-state index is -0.153. The summed E-state index contributed by atoms with van der Waals surface area (Å²) in [6, 6.07) is 14.4. The van der Waals surface area contributed by atoms with Gasteiger partial charge in [0.2, 0.25) is 0 Å². The lowest BCUT2D eigenvalue weighted by atomic mass is 10.2. The van der Waals surface area contributed by atoms with Crippen LogP contribution in [0.4, 0.5) is 5.69 Å². The SMILES string of the molecule is CCOc1ccc(NC(=O)c2ccc(OC(C)C)cc2)cc1. The molecule has 116 valence electrons. The van der Waals surface area contributed by atoms with Gasteiger partial charge < -0.3 is 14.8 Å². The second-order valence-corrected chi connectivity index (χ2v) is 5.10. The van der Waals surface area contributed by atoms with Gasteiger partial charge in [0.1, 0.15) is 11.5 Å². The molecular weight excluding hydrogens is 278 g/mol. The summed E-state index contributed by atoms with van der Waals surface area (Å²) >= 11 is 0. The number of anilines is 1. The number of benzene rings is 2. The van der Waals surface area contributed by atoms with E-state index >= 15 is 0 Å². The number of rotatable bonds is 6. The molecule has 0 unspecified atom stereocenters. The van der Waals surface area contributed by atoms with Gasteiger partial charge in [-0.15, -0.1) is 0 Å². The molecule has 0 fully saturated rings. The lowest BCUT2D eigenvalue weighted by Gasteiger charge is -2.10. The van der Waals surface area contributed by atoms with Crippen molar-refractivity contribution in [2.45, 2.75) is 26.9 Å². The molecule has 22 heavy (non-hydrogen) atoms.